The molecule has 0 spiro atoms. The third-order valence-electron chi connectivity index (χ3n) is 6.21. The summed E-state index contributed by atoms with van der Waals surface area (Å²) in [6.07, 6.45) is 1.62. The average molecular weight is 564 g/mol. The average Bonchev–Trinajstić information content (AvgIpc) is 3.21. The molecule has 0 aliphatic carbocycles. The molecule has 10 heteroatoms. The lowest BCUT2D eigenvalue weighted by Crippen LogP contribution is -2.36. The van der Waals surface area contributed by atoms with Crippen molar-refractivity contribution < 1.29 is 23.9 Å². The van der Waals surface area contributed by atoms with E-state index in [0.29, 0.717) is 41.8 Å². The van der Waals surface area contributed by atoms with Crippen LogP contribution in [0.3, 0.4) is 0 Å². The van der Waals surface area contributed by atoms with Crippen LogP contribution in [0.5, 0.6) is 5.75 Å². The van der Waals surface area contributed by atoms with E-state index in [1.165, 1.54) is 0 Å². The normalized spacial score (nSPS) is 16.6. The molecule has 2 aliphatic heterocycles. The van der Waals surface area contributed by atoms with E-state index in [0.717, 1.165) is 41.0 Å². The number of anilines is 2. The molecule has 2 saturated heterocycles. The molecule has 3 amide bonds. The Hall–Kier alpha value is -3.79. The van der Waals surface area contributed by atoms with Gasteiger partial charge in [-0.1, -0.05) is 41.9 Å². The molecule has 5 rings (SSSR count). The van der Waals surface area contributed by atoms with Crippen LogP contribution in [0.4, 0.5) is 16.2 Å². The van der Waals surface area contributed by atoms with Gasteiger partial charge in [0.05, 0.1) is 18.1 Å². The van der Waals surface area contributed by atoms with Gasteiger partial charge in [0.2, 0.25) is 5.91 Å². The van der Waals surface area contributed by atoms with Gasteiger partial charge in [-0.3, -0.25) is 19.3 Å². The number of carbonyl (C=O) groups is 3. The van der Waals surface area contributed by atoms with Gasteiger partial charge in [0.1, 0.15) is 18.9 Å². The number of rotatable bonds is 8. The summed E-state index contributed by atoms with van der Waals surface area (Å²) in [7, 11) is 0. The zero-order valence-electron chi connectivity index (χ0n) is 21.0. The molecule has 8 nitrogen and oxygen atoms in total. The zero-order valence-corrected chi connectivity index (χ0v) is 22.5. The van der Waals surface area contributed by atoms with Crippen molar-refractivity contribution in [2.45, 2.75) is 6.61 Å². The molecule has 2 fully saturated rings. The molecule has 3 aromatic rings. The first-order valence-corrected chi connectivity index (χ1v) is 13.6. The van der Waals surface area contributed by atoms with Crippen molar-refractivity contribution in [3.63, 3.8) is 0 Å². The lowest BCUT2D eigenvalue weighted by Gasteiger charge is -2.28. The Morgan fingerprint density at radius 1 is 1.03 bits per heavy atom. The van der Waals surface area contributed by atoms with Crippen molar-refractivity contribution in [1.29, 1.82) is 0 Å². The Bertz CT molecular complexity index is 1410. The fourth-order valence-corrected chi connectivity index (χ4v) is 5.21. The lowest BCUT2D eigenvalue weighted by atomic mass is 10.2. The molecule has 3 aromatic carbocycles. The second-order valence-corrected chi connectivity index (χ2v) is 10.3. The molecule has 2 aliphatic rings. The number of carbonyl (C=O) groups excluding carboxylic acids is 3. The van der Waals surface area contributed by atoms with Crippen molar-refractivity contribution in [1.82, 2.24) is 4.90 Å². The number of morpholine rings is 1. The van der Waals surface area contributed by atoms with E-state index in [1.54, 1.807) is 42.5 Å². The number of amides is 3. The van der Waals surface area contributed by atoms with Gasteiger partial charge in [0.25, 0.3) is 11.1 Å². The Labute approximate surface area is 235 Å². The molecule has 0 radical (unpaired) electrons. The number of ether oxygens (including phenoxy) is 2. The molecule has 2 heterocycles. The SMILES string of the molecule is O=C(CN1C(=O)S/C(=C/c2cccc(OCc3ccccc3Cl)c2)C1=O)Nc1ccc(N2CCOCC2)cc1. The van der Waals surface area contributed by atoms with Gasteiger partial charge in [-0.25, -0.2) is 0 Å². The second kappa shape index (κ2) is 12.4. The monoisotopic (exact) mass is 563 g/mol. The minimum absolute atomic E-state index is 0.242. The minimum atomic E-state index is -0.509. The van der Waals surface area contributed by atoms with Gasteiger partial charge in [-0.05, 0) is 65.9 Å². The molecule has 0 saturated carbocycles. The topological polar surface area (TPSA) is 88.2 Å². The van der Waals surface area contributed by atoms with E-state index < -0.39 is 17.1 Å². The van der Waals surface area contributed by atoms with Gasteiger partial charge in [0, 0.05) is 35.1 Å². The largest absolute Gasteiger partial charge is 0.489 e. The van der Waals surface area contributed by atoms with Crippen LogP contribution in [-0.4, -0.2) is 54.8 Å². The Kier molecular flexibility index (Phi) is 8.51. The summed E-state index contributed by atoms with van der Waals surface area (Å²) in [5.41, 5.74) is 3.19. The summed E-state index contributed by atoms with van der Waals surface area (Å²) in [6, 6.07) is 22.1. The highest BCUT2D eigenvalue weighted by Gasteiger charge is 2.36. The first kappa shape index (κ1) is 26.8. The first-order valence-electron chi connectivity index (χ1n) is 12.4. The second-order valence-electron chi connectivity index (χ2n) is 8.91. The lowest BCUT2D eigenvalue weighted by molar-refractivity contribution is -0.127. The summed E-state index contributed by atoms with van der Waals surface area (Å²) >= 11 is 7.00. The summed E-state index contributed by atoms with van der Waals surface area (Å²) in [5.74, 6) is -0.361. The fourth-order valence-electron chi connectivity index (χ4n) is 4.18. The maximum absolute atomic E-state index is 12.9. The summed E-state index contributed by atoms with van der Waals surface area (Å²) < 4.78 is 11.2. The van der Waals surface area contributed by atoms with Crippen LogP contribution in [-0.2, 0) is 20.9 Å². The summed E-state index contributed by atoms with van der Waals surface area (Å²) in [6.45, 7) is 2.94. The van der Waals surface area contributed by atoms with Crippen LogP contribution in [0.25, 0.3) is 6.08 Å². The van der Waals surface area contributed by atoms with E-state index in [9.17, 15) is 14.4 Å². The number of nitrogens with one attached hydrogen (secondary N) is 1. The van der Waals surface area contributed by atoms with Crippen LogP contribution >= 0.6 is 23.4 Å². The van der Waals surface area contributed by atoms with Crippen molar-refractivity contribution in [3.8, 4) is 5.75 Å². The zero-order chi connectivity index (χ0) is 27.2. The molecule has 0 unspecified atom stereocenters. The Morgan fingerprint density at radius 2 is 1.79 bits per heavy atom. The van der Waals surface area contributed by atoms with Gasteiger partial charge >= 0.3 is 0 Å². The quantitative estimate of drug-likeness (QED) is 0.366. The van der Waals surface area contributed by atoms with E-state index in [1.807, 2.05) is 36.4 Å². The number of nitrogens with zero attached hydrogens (tertiary/aromatic N) is 2. The van der Waals surface area contributed by atoms with Gasteiger partial charge in [-0.2, -0.15) is 0 Å². The van der Waals surface area contributed by atoms with E-state index in [-0.39, 0.29) is 11.4 Å². The Balaban J connectivity index is 1.18. The molecule has 0 bridgehead atoms. The molecule has 39 heavy (non-hydrogen) atoms. The maximum atomic E-state index is 12.9. The molecular weight excluding hydrogens is 538 g/mol. The fraction of sp³-hybridized carbons (Fsp3) is 0.207. The number of hydrogen-bond acceptors (Lipinski definition) is 7. The number of hydrogen-bond donors (Lipinski definition) is 1. The highest BCUT2D eigenvalue weighted by atomic mass is 35.5. The molecule has 200 valence electrons. The number of imide groups is 1. The number of halogens is 1. The predicted octanol–water partition coefficient (Wildman–Crippen LogP) is 5.43. The molecule has 0 atom stereocenters. The highest BCUT2D eigenvalue weighted by Crippen LogP contribution is 2.33. The van der Waals surface area contributed by atoms with Gasteiger partial charge < -0.3 is 19.7 Å². The molecular formula is C29H26ClN3O5S. The minimum Gasteiger partial charge on any atom is -0.489 e. The van der Waals surface area contributed by atoms with Crippen molar-refractivity contribution in [2.75, 3.05) is 43.1 Å². The third-order valence-corrected chi connectivity index (χ3v) is 7.49. The number of thioether (sulfide) groups is 1. The molecule has 1 N–H and O–H groups in total. The van der Waals surface area contributed by atoms with E-state index >= 15 is 0 Å². The van der Waals surface area contributed by atoms with Crippen LogP contribution < -0.4 is 15.0 Å². The van der Waals surface area contributed by atoms with Crippen LogP contribution in [0.1, 0.15) is 11.1 Å². The first-order chi connectivity index (χ1) is 19.0. The van der Waals surface area contributed by atoms with Gasteiger partial charge in [0.15, 0.2) is 0 Å². The Morgan fingerprint density at radius 3 is 2.56 bits per heavy atom. The smallest absolute Gasteiger partial charge is 0.294 e. The van der Waals surface area contributed by atoms with Crippen LogP contribution in [0.15, 0.2) is 77.7 Å². The standard InChI is InChI=1S/C29H26ClN3O5S/c30-25-7-2-1-5-21(25)19-38-24-6-3-4-20(16-24)17-26-28(35)33(29(36)39-26)18-27(34)31-22-8-10-23(11-9-22)32-12-14-37-15-13-32/h1-11,16-17H,12-15,18-19H2,(H,31,34)/b26-17+. The maximum Gasteiger partial charge on any atom is 0.294 e. The number of benzene rings is 3. The van der Waals surface area contributed by atoms with E-state index in [2.05, 4.69) is 10.2 Å². The predicted molar refractivity (Wildman–Crippen MR) is 153 cm³/mol. The molecule has 0 aromatic heterocycles. The van der Waals surface area contributed by atoms with Crippen LogP contribution in [0, 0.1) is 0 Å². The third kappa shape index (κ3) is 6.81. The highest BCUT2D eigenvalue weighted by molar-refractivity contribution is 8.18. The summed E-state index contributed by atoms with van der Waals surface area (Å²) in [4.78, 5) is 41.5. The van der Waals surface area contributed by atoms with Crippen LogP contribution in [0.2, 0.25) is 5.02 Å². The van der Waals surface area contributed by atoms with Crippen molar-refractivity contribution in [3.05, 3.63) is 93.9 Å². The van der Waals surface area contributed by atoms with Crippen molar-refractivity contribution in [2.24, 2.45) is 0 Å². The summed E-state index contributed by atoms with van der Waals surface area (Å²) in [5, 5.41) is 2.89. The van der Waals surface area contributed by atoms with E-state index in [4.69, 9.17) is 21.1 Å². The van der Waals surface area contributed by atoms with Crippen molar-refractivity contribution >= 4 is 57.9 Å². The van der Waals surface area contributed by atoms with Gasteiger partial charge in [-0.15, -0.1) is 0 Å².